The first-order chi connectivity index (χ1) is 16.6. The number of allylic oxidation sites excluding steroid dienone is 1. The van der Waals surface area contributed by atoms with Crippen LogP contribution in [0.4, 0.5) is 0 Å². The topological polar surface area (TPSA) is 43.4 Å². The van der Waals surface area contributed by atoms with Crippen molar-refractivity contribution in [2.24, 2.45) is 17.8 Å². The third-order valence-corrected chi connectivity index (χ3v) is 8.06. The Bertz CT molecular complexity index is 957. The third-order valence-electron chi connectivity index (χ3n) is 8.06. The Hall–Kier alpha value is -2.68. The quantitative estimate of drug-likeness (QED) is 0.228. The van der Waals surface area contributed by atoms with E-state index in [2.05, 4.69) is 13.5 Å². The van der Waals surface area contributed by atoms with Crippen LogP contribution in [0.2, 0.25) is 0 Å². The molecule has 2 aromatic rings. The molecule has 2 aliphatic carbocycles. The molecule has 0 unspecified atom stereocenters. The van der Waals surface area contributed by atoms with Crippen LogP contribution in [0, 0.1) is 17.8 Å². The molecule has 2 fully saturated rings. The number of carbonyl (C=O) groups excluding carboxylic acids is 2. The first-order valence-electron chi connectivity index (χ1n) is 13.2. The monoisotopic (exact) mass is 458 g/mol. The molecule has 4 rings (SSSR count). The molecule has 0 aromatic heterocycles. The summed E-state index contributed by atoms with van der Waals surface area (Å²) >= 11 is 0. The molecular weight excluding hydrogens is 420 g/mol. The van der Waals surface area contributed by atoms with E-state index in [0.717, 1.165) is 41.7 Å². The summed E-state index contributed by atoms with van der Waals surface area (Å²) in [5.41, 5.74) is 3.22. The van der Waals surface area contributed by atoms with Crippen LogP contribution >= 0.6 is 0 Å². The molecule has 0 bridgehead atoms. The fraction of sp³-hybridized carbons (Fsp3) is 0.484. The van der Waals surface area contributed by atoms with Gasteiger partial charge in [0.25, 0.3) is 0 Å². The summed E-state index contributed by atoms with van der Waals surface area (Å²) in [6.45, 7) is 5.83. The van der Waals surface area contributed by atoms with Crippen molar-refractivity contribution in [3.63, 3.8) is 0 Å². The molecule has 2 saturated carbocycles. The Labute approximate surface area is 204 Å². The number of carbonyl (C=O) groups is 2. The van der Waals surface area contributed by atoms with Gasteiger partial charge in [0.15, 0.2) is 5.78 Å². The lowest BCUT2D eigenvalue weighted by Crippen LogP contribution is -2.29. The molecule has 0 atom stereocenters. The van der Waals surface area contributed by atoms with Crippen LogP contribution in [0.1, 0.15) is 91.8 Å². The summed E-state index contributed by atoms with van der Waals surface area (Å²) in [6.07, 6.45) is 14.1. The second-order valence-electron chi connectivity index (χ2n) is 10.2. The molecule has 0 N–H and O–H groups in total. The summed E-state index contributed by atoms with van der Waals surface area (Å²) in [4.78, 5) is 24.4. The molecule has 2 aliphatic rings. The molecule has 3 heteroatoms. The lowest BCUT2D eigenvalue weighted by molar-refractivity contribution is 0.0109. The molecule has 34 heavy (non-hydrogen) atoms. The first kappa shape index (κ1) is 24.4. The van der Waals surface area contributed by atoms with Crippen LogP contribution in [-0.4, -0.2) is 17.9 Å². The Morgan fingerprint density at radius 1 is 0.794 bits per heavy atom. The molecule has 3 nitrogen and oxygen atoms in total. The standard InChI is InChI=1S/C31H38O3/c1-3-5-22-6-8-23(9-7-22)26-18-20-29(21-19-26)34-31(33)28-16-12-25(13-17-28)24-10-14-27(15-11-24)30(32)4-2/h4,10-17,22-23,26,29H,2-3,5-9,18-21H2,1H3. The van der Waals surface area contributed by atoms with Crippen LogP contribution < -0.4 is 0 Å². The van der Waals surface area contributed by atoms with E-state index in [0.29, 0.717) is 11.1 Å². The minimum absolute atomic E-state index is 0.0507. The van der Waals surface area contributed by atoms with Crippen molar-refractivity contribution in [2.45, 2.75) is 77.2 Å². The number of hydrogen-bond acceptors (Lipinski definition) is 3. The maximum Gasteiger partial charge on any atom is 0.338 e. The third kappa shape index (κ3) is 6.05. The maximum absolute atomic E-state index is 12.7. The number of hydrogen-bond donors (Lipinski definition) is 0. The molecule has 0 saturated heterocycles. The van der Waals surface area contributed by atoms with Crippen molar-refractivity contribution in [1.29, 1.82) is 0 Å². The molecule has 0 aliphatic heterocycles. The zero-order valence-corrected chi connectivity index (χ0v) is 20.5. The minimum atomic E-state index is -0.220. The van der Waals surface area contributed by atoms with E-state index in [1.165, 1.54) is 57.4 Å². The normalized spacial score (nSPS) is 24.9. The molecule has 2 aromatic carbocycles. The zero-order valence-electron chi connectivity index (χ0n) is 20.5. The van der Waals surface area contributed by atoms with Crippen LogP contribution in [0.3, 0.4) is 0 Å². The summed E-state index contributed by atoms with van der Waals surface area (Å²) in [6, 6.07) is 15.0. The Balaban J connectivity index is 1.25. The molecule has 0 amide bonds. The number of benzene rings is 2. The number of ketones is 1. The highest BCUT2D eigenvalue weighted by Crippen LogP contribution is 2.41. The Morgan fingerprint density at radius 2 is 1.29 bits per heavy atom. The van der Waals surface area contributed by atoms with Crippen LogP contribution in [0.15, 0.2) is 61.2 Å². The fourth-order valence-electron chi connectivity index (χ4n) is 6.00. The Kier molecular flexibility index (Phi) is 8.37. The summed E-state index contributed by atoms with van der Waals surface area (Å²) < 4.78 is 5.88. The van der Waals surface area contributed by atoms with Gasteiger partial charge in [-0.3, -0.25) is 4.79 Å². The van der Waals surface area contributed by atoms with Gasteiger partial charge in [0.1, 0.15) is 6.10 Å². The van der Waals surface area contributed by atoms with Gasteiger partial charge in [0.05, 0.1) is 5.56 Å². The molecule has 0 heterocycles. The van der Waals surface area contributed by atoms with Gasteiger partial charge in [-0.05, 0) is 85.6 Å². The van der Waals surface area contributed by atoms with E-state index in [1.54, 1.807) is 12.1 Å². The number of rotatable bonds is 8. The highest BCUT2D eigenvalue weighted by Gasteiger charge is 2.31. The predicted molar refractivity (Wildman–Crippen MR) is 138 cm³/mol. The van der Waals surface area contributed by atoms with Gasteiger partial charge in [-0.1, -0.05) is 75.6 Å². The van der Waals surface area contributed by atoms with Crippen LogP contribution in [0.25, 0.3) is 11.1 Å². The zero-order chi connectivity index (χ0) is 23.9. The van der Waals surface area contributed by atoms with Gasteiger partial charge in [0, 0.05) is 5.56 Å². The fourth-order valence-corrected chi connectivity index (χ4v) is 6.00. The van der Waals surface area contributed by atoms with Crippen molar-refractivity contribution in [3.8, 4) is 11.1 Å². The van der Waals surface area contributed by atoms with Crippen LogP contribution in [-0.2, 0) is 4.74 Å². The van der Waals surface area contributed by atoms with Crippen LogP contribution in [0.5, 0.6) is 0 Å². The van der Waals surface area contributed by atoms with E-state index in [1.807, 2.05) is 36.4 Å². The van der Waals surface area contributed by atoms with Gasteiger partial charge in [0.2, 0.25) is 0 Å². The summed E-state index contributed by atoms with van der Waals surface area (Å²) in [5, 5.41) is 0. The second-order valence-corrected chi connectivity index (χ2v) is 10.2. The first-order valence-corrected chi connectivity index (χ1v) is 13.2. The smallest absolute Gasteiger partial charge is 0.338 e. The maximum atomic E-state index is 12.7. The van der Waals surface area contributed by atoms with E-state index < -0.39 is 0 Å². The molecular formula is C31H38O3. The van der Waals surface area contributed by atoms with E-state index in [4.69, 9.17) is 4.74 Å². The molecule has 0 spiro atoms. The average molecular weight is 459 g/mol. The Morgan fingerprint density at radius 3 is 1.79 bits per heavy atom. The lowest BCUT2D eigenvalue weighted by atomic mass is 9.70. The molecule has 180 valence electrons. The largest absolute Gasteiger partial charge is 0.459 e. The van der Waals surface area contributed by atoms with E-state index >= 15 is 0 Å². The summed E-state index contributed by atoms with van der Waals surface area (Å²) in [5.74, 6) is 2.37. The van der Waals surface area contributed by atoms with Crippen molar-refractivity contribution in [1.82, 2.24) is 0 Å². The average Bonchev–Trinajstić information content (AvgIpc) is 2.89. The van der Waals surface area contributed by atoms with Gasteiger partial charge < -0.3 is 4.74 Å². The van der Waals surface area contributed by atoms with Crippen molar-refractivity contribution in [3.05, 3.63) is 72.3 Å². The van der Waals surface area contributed by atoms with E-state index in [9.17, 15) is 9.59 Å². The van der Waals surface area contributed by atoms with Gasteiger partial charge >= 0.3 is 5.97 Å². The summed E-state index contributed by atoms with van der Waals surface area (Å²) in [7, 11) is 0. The number of ether oxygens (including phenoxy) is 1. The van der Waals surface area contributed by atoms with Gasteiger partial charge in [-0.2, -0.15) is 0 Å². The highest BCUT2D eigenvalue weighted by atomic mass is 16.5. The SMILES string of the molecule is C=CC(=O)c1ccc(-c2ccc(C(=O)OC3CCC(C4CCC(CCC)CC4)CC3)cc2)cc1. The molecule has 0 radical (unpaired) electrons. The van der Waals surface area contributed by atoms with Crippen molar-refractivity contribution < 1.29 is 14.3 Å². The lowest BCUT2D eigenvalue weighted by Gasteiger charge is -2.37. The minimum Gasteiger partial charge on any atom is -0.459 e. The van der Waals surface area contributed by atoms with Crippen molar-refractivity contribution in [2.75, 3.05) is 0 Å². The number of esters is 1. The van der Waals surface area contributed by atoms with Gasteiger partial charge in [-0.15, -0.1) is 0 Å². The predicted octanol–water partition coefficient (Wildman–Crippen LogP) is 8.04. The van der Waals surface area contributed by atoms with E-state index in [-0.39, 0.29) is 17.9 Å². The second kappa shape index (κ2) is 11.6. The highest BCUT2D eigenvalue weighted by molar-refractivity contribution is 6.04. The van der Waals surface area contributed by atoms with Crippen molar-refractivity contribution >= 4 is 11.8 Å². The van der Waals surface area contributed by atoms with Gasteiger partial charge in [-0.25, -0.2) is 4.79 Å².